The Bertz CT molecular complexity index is 942. The van der Waals surface area contributed by atoms with Crippen LogP contribution in [0.5, 0.6) is 0 Å². The van der Waals surface area contributed by atoms with Crippen LogP contribution in [0.4, 0.5) is 4.39 Å². The largest absolute Gasteiger partial charge is 0.392 e. The molecule has 2 aliphatic heterocycles. The molecule has 0 aromatic heterocycles. The quantitative estimate of drug-likeness (QED) is 0.683. The van der Waals surface area contributed by atoms with E-state index in [1.165, 1.54) is 12.1 Å². The van der Waals surface area contributed by atoms with Crippen LogP contribution >= 0.6 is 11.6 Å². The third kappa shape index (κ3) is 5.43. The average molecular weight is 445 g/mol. The van der Waals surface area contributed by atoms with Crippen molar-refractivity contribution >= 4 is 23.2 Å². The molecule has 2 aromatic rings. The Morgan fingerprint density at radius 3 is 2.71 bits per heavy atom. The highest BCUT2D eigenvalue weighted by Crippen LogP contribution is 2.38. The number of rotatable bonds is 7. The summed E-state index contributed by atoms with van der Waals surface area (Å²) in [7, 11) is 0. The molecule has 1 saturated heterocycles. The van der Waals surface area contributed by atoms with Gasteiger partial charge in [0.1, 0.15) is 11.9 Å². The first-order valence-corrected chi connectivity index (χ1v) is 11.0. The monoisotopic (exact) mass is 444 g/mol. The SMILES string of the molecule is O=C(NCCc1ccc(Cl)cc1)C1(CC2CC(c3cccc(F)c3)=NO2)CCOCC1. The average Bonchev–Trinajstić information content (AvgIpc) is 3.24. The lowest BCUT2D eigenvalue weighted by Crippen LogP contribution is -2.47. The summed E-state index contributed by atoms with van der Waals surface area (Å²) in [6, 6.07) is 14.0. The highest BCUT2D eigenvalue weighted by molar-refractivity contribution is 6.30. The highest BCUT2D eigenvalue weighted by atomic mass is 35.5. The van der Waals surface area contributed by atoms with Gasteiger partial charge in [0, 0.05) is 43.2 Å². The van der Waals surface area contributed by atoms with Crippen LogP contribution in [0.25, 0.3) is 0 Å². The Balaban J connectivity index is 1.36. The summed E-state index contributed by atoms with van der Waals surface area (Å²) in [4.78, 5) is 18.9. The van der Waals surface area contributed by atoms with E-state index in [-0.39, 0.29) is 17.8 Å². The molecule has 0 aliphatic carbocycles. The third-order valence-corrected chi connectivity index (χ3v) is 6.31. The molecule has 0 radical (unpaired) electrons. The van der Waals surface area contributed by atoms with Crippen LogP contribution in [-0.2, 0) is 20.8 Å². The van der Waals surface area contributed by atoms with E-state index in [9.17, 15) is 9.18 Å². The lowest BCUT2D eigenvalue weighted by atomic mass is 9.74. The van der Waals surface area contributed by atoms with Crippen LogP contribution in [0.15, 0.2) is 53.7 Å². The van der Waals surface area contributed by atoms with Crippen molar-refractivity contribution in [3.05, 3.63) is 70.5 Å². The molecule has 0 bridgehead atoms. The maximum atomic E-state index is 13.5. The zero-order valence-corrected chi connectivity index (χ0v) is 18.0. The fourth-order valence-corrected chi connectivity index (χ4v) is 4.38. The number of carbonyl (C=O) groups is 1. The lowest BCUT2D eigenvalue weighted by Gasteiger charge is -2.37. The summed E-state index contributed by atoms with van der Waals surface area (Å²) in [5, 5.41) is 7.98. The topological polar surface area (TPSA) is 59.9 Å². The molecule has 4 rings (SSSR count). The molecule has 1 atom stereocenters. The number of nitrogens with zero attached hydrogens (tertiary/aromatic N) is 1. The standard InChI is InChI=1S/C24H26ClFN2O3/c25-19-6-4-17(5-7-19)8-11-27-23(29)24(9-12-30-13-10-24)16-21-15-22(28-31-21)18-2-1-3-20(26)14-18/h1-7,14,21H,8-13,15-16H2,(H,27,29). The molecule has 0 saturated carbocycles. The van der Waals surface area contributed by atoms with E-state index in [1.807, 2.05) is 30.3 Å². The van der Waals surface area contributed by atoms with Gasteiger partial charge in [-0.25, -0.2) is 4.39 Å². The molecule has 2 aliphatic rings. The molecule has 31 heavy (non-hydrogen) atoms. The molecule has 1 unspecified atom stereocenters. The highest BCUT2D eigenvalue weighted by Gasteiger charge is 2.43. The fourth-order valence-electron chi connectivity index (χ4n) is 4.26. The molecule has 2 heterocycles. The smallest absolute Gasteiger partial charge is 0.226 e. The Kier molecular flexibility index (Phi) is 6.88. The van der Waals surface area contributed by atoms with Crippen molar-refractivity contribution in [1.29, 1.82) is 0 Å². The van der Waals surface area contributed by atoms with Gasteiger partial charge in [0.15, 0.2) is 0 Å². The van der Waals surface area contributed by atoms with E-state index in [4.69, 9.17) is 21.2 Å². The minimum absolute atomic E-state index is 0.0348. The summed E-state index contributed by atoms with van der Waals surface area (Å²) in [5.74, 6) is -0.266. The van der Waals surface area contributed by atoms with Gasteiger partial charge in [0.05, 0.1) is 11.1 Å². The Labute approximate surface area is 186 Å². The maximum absolute atomic E-state index is 13.5. The van der Waals surface area contributed by atoms with Gasteiger partial charge >= 0.3 is 0 Å². The summed E-state index contributed by atoms with van der Waals surface area (Å²) in [5.41, 5.74) is 2.01. The molecule has 2 aromatic carbocycles. The van der Waals surface area contributed by atoms with Gasteiger partial charge in [0.2, 0.25) is 5.91 Å². The number of benzene rings is 2. The van der Waals surface area contributed by atoms with E-state index >= 15 is 0 Å². The first-order chi connectivity index (χ1) is 15.0. The van der Waals surface area contributed by atoms with Gasteiger partial charge in [-0.3, -0.25) is 4.79 Å². The third-order valence-electron chi connectivity index (χ3n) is 6.05. The van der Waals surface area contributed by atoms with E-state index in [0.29, 0.717) is 50.5 Å². The number of amides is 1. The molecule has 1 amide bonds. The van der Waals surface area contributed by atoms with Crippen molar-refractivity contribution in [3.8, 4) is 0 Å². The van der Waals surface area contributed by atoms with Crippen molar-refractivity contribution in [2.24, 2.45) is 10.6 Å². The van der Waals surface area contributed by atoms with Gasteiger partial charge in [-0.1, -0.05) is 41.0 Å². The molecule has 0 spiro atoms. The van der Waals surface area contributed by atoms with Crippen molar-refractivity contribution in [2.45, 2.75) is 38.2 Å². The number of hydrogen-bond donors (Lipinski definition) is 1. The van der Waals surface area contributed by atoms with E-state index in [2.05, 4.69) is 10.5 Å². The second-order valence-corrected chi connectivity index (χ2v) is 8.65. The molecular weight excluding hydrogens is 419 g/mol. The van der Waals surface area contributed by atoms with Crippen LogP contribution in [0.1, 0.15) is 36.8 Å². The van der Waals surface area contributed by atoms with Gasteiger partial charge in [-0.05, 0) is 49.1 Å². The predicted octanol–water partition coefficient (Wildman–Crippen LogP) is 4.52. The van der Waals surface area contributed by atoms with Gasteiger partial charge in [-0.15, -0.1) is 0 Å². The second kappa shape index (κ2) is 9.79. The van der Waals surface area contributed by atoms with E-state index in [0.717, 1.165) is 23.3 Å². The Morgan fingerprint density at radius 1 is 1.19 bits per heavy atom. The predicted molar refractivity (Wildman–Crippen MR) is 118 cm³/mol. The molecule has 1 fully saturated rings. The lowest BCUT2D eigenvalue weighted by molar-refractivity contribution is -0.140. The number of oxime groups is 1. The zero-order chi connectivity index (χ0) is 21.7. The Hall–Kier alpha value is -2.44. The molecule has 164 valence electrons. The number of nitrogens with one attached hydrogen (secondary N) is 1. The van der Waals surface area contributed by atoms with Crippen molar-refractivity contribution in [3.63, 3.8) is 0 Å². The number of carbonyl (C=O) groups excluding carboxylic acids is 1. The number of ether oxygens (including phenoxy) is 1. The van der Waals surface area contributed by atoms with Crippen LogP contribution < -0.4 is 5.32 Å². The summed E-state index contributed by atoms with van der Waals surface area (Å²) in [6.07, 6.45) is 2.94. The van der Waals surface area contributed by atoms with E-state index in [1.54, 1.807) is 6.07 Å². The molecular formula is C24H26ClFN2O3. The summed E-state index contributed by atoms with van der Waals surface area (Å²) in [6.45, 7) is 1.66. The van der Waals surface area contributed by atoms with Crippen LogP contribution in [0, 0.1) is 11.2 Å². The first kappa shape index (κ1) is 21.8. The van der Waals surface area contributed by atoms with Gasteiger partial charge in [0.25, 0.3) is 0 Å². The van der Waals surface area contributed by atoms with Crippen LogP contribution in [0.2, 0.25) is 5.02 Å². The Morgan fingerprint density at radius 2 is 1.97 bits per heavy atom. The van der Waals surface area contributed by atoms with Crippen molar-refractivity contribution < 1.29 is 18.8 Å². The van der Waals surface area contributed by atoms with Crippen molar-refractivity contribution in [2.75, 3.05) is 19.8 Å². The molecule has 1 N–H and O–H groups in total. The van der Waals surface area contributed by atoms with Gasteiger partial charge < -0.3 is 14.9 Å². The number of halogens is 2. The normalized spacial score (nSPS) is 20.1. The minimum atomic E-state index is -0.546. The second-order valence-electron chi connectivity index (χ2n) is 8.21. The maximum Gasteiger partial charge on any atom is 0.226 e. The van der Waals surface area contributed by atoms with Crippen molar-refractivity contribution in [1.82, 2.24) is 5.32 Å². The zero-order valence-electron chi connectivity index (χ0n) is 17.3. The first-order valence-electron chi connectivity index (χ1n) is 10.6. The van der Waals surface area contributed by atoms with Crippen LogP contribution in [0.3, 0.4) is 0 Å². The fraction of sp³-hybridized carbons (Fsp3) is 0.417. The minimum Gasteiger partial charge on any atom is -0.392 e. The van der Waals surface area contributed by atoms with Gasteiger partial charge in [-0.2, -0.15) is 0 Å². The van der Waals surface area contributed by atoms with E-state index < -0.39 is 5.41 Å². The number of hydrogen-bond acceptors (Lipinski definition) is 4. The molecule has 5 nitrogen and oxygen atoms in total. The van der Waals surface area contributed by atoms with Crippen LogP contribution in [-0.4, -0.2) is 37.5 Å². The molecule has 7 heteroatoms. The summed E-state index contributed by atoms with van der Waals surface area (Å²) < 4.78 is 19.1. The summed E-state index contributed by atoms with van der Waals surface area (Å²) >= 11 is 5.93.